The predicted octanol–water partition coefficient (Wildman–Crippen LogP) is 0.966. The van der Waals surface area contributed by atoms with Gasteiger partial charge in [-0.25, -0.2) is 0 Å². The van der Waals surface area contributed by atoms with Crippen LogP contribution in [0, 0.1) is 11.8 Å². The average Bonchev–Trinajstić information content (AvgIpc) is 2.00. The standard InChI is InChI=1S/C10H17NO3/c1-7(10(13)14)6-11(2)9(12)8-4-3-5-8/h7-8H,3-6H2,1-2H3,(H,13,14). The van der Waals surface area contributed by atoms with Crippen LogP contribution < -0.4 is 0 Å². The van der Waals surface area contributed by atoms with E-state index in [1.165, 1.54) is 0 Å². The van der Waals surface area contributed by atoms with E-state index in [9.17, 15) is 9.59 Å². The Morgan fingerprint density at radius 3 is 2.43 bits per heavy atom. The molecule has 1 rings (SSSR count). The Balaban J connectivity index is 2.36. The summed E-state index contributed by atoms with van der Waals surface area (Å²) in [4.78, 5) is 23.7. The van der Waals surface area contributed by atoms with E-state index in [-0.39, 0.29) is 11.8 Å². The molecule has 0 radical (unpaired) electrons. The summed E-state index contributed by atoms with van der Waals surface area (Å²) in [6, 6.07) is 0. The van der Waals surface area contributed by atoms with Crippen LogP contribution in [0.2, 0.25) is 0 Å². The van der Waals surface area contributed by atoms with E-state index < -0.39 is 11.9 Å². The molecule has 1 amide bonds. The second kappa shape index (κ2) is 4.44. The Morgan fingerprint density at radius 1 is 1.50 bits per heavy atom. The Bertz CT molecular complexity index is 236. The minimum Gasteiger partial charge on any atom is -0.481 e. The molecule has 80 valence electrons. The van der Waals surface area contributed by atoms with Crippen LogP contribution in [0.5, 0.6) is 0 Å². The minimum atomic E-state index is -0.849. The lowest BCUT2D eigenvalue weighted by molar-refractivity contribution is -0.144. The fourth-order valence-electron chi connectivity index (χ4n) is 1.55. The number of nitrogens with zero attached hydrogens (tertiary/aromatic N) is 1. The number of carboxylic acids is 1. The zero-order valence-electron chi connectivity index (χ0n) is 8.69. The first-order valence-corrected chi connectivity index (χ1v) is 5.00. The van der Waals surface area contributed by atoms with Crippen LogP contribution in [-0.4, -0.2) is 35.5 Å². The molecule has 1 N–H and O–H groups in total. The molecule has 0 aliphatic heterocycles. The smallest absolute Gasteiger partial charge is 0.308 e. The Kier molecular flexibility index (Phi) is 3.49. The zero-order valence-corrected chi connectivity index (χ0v) is 8.69. The third-order valence-corrected chi connectivity index (χ3v) is 2.80. The molecule has 0 heterocycles. The molecule has 4 heteroatoms. The van der Waals surface area contributed by atoms with E-state index in [1.807, 2.05) is 0 Å². The fraction of sp³-hybridized carbons (Fsp3) is 0.800. The van der Waals surface area contributed by atoms with Crippen LogP contribution in [0.25, 0.3) is 0 Å². The second-order valence-corrected chi connectivity index (χ2v) is 4.09. The quantitative estimate of drug-likeness (QED) is 0.733. The Hall–Kier alpha value is -1.06. The SMILES string of the molecule is CC(CN(C)C(=O)C1CCC1)C(=O)O. The highest BCUT2D eigenvalue weighted by Crippen LogP contribution is 2.27. The number of hydrogen-bond donors (Lipinski definition) is 1. The van der Waals surface area contributed by atoms with Crippen LogP contribution in [0.15, 0.2) is 0 Å². The lowest BCUT2D eigenvalue weighted by Gasteiger charge is -2.29. The highest BCUT2D eigenvalue weighted by atomic mass is 16.4. The van der Waals surface area contributed by atoms with Gasteiger partial charge in [-0.3, -0.25) is 9.59 Å². The molecule has 1 saturated carbocycles. The van der Waals surface area contributed by atoms with E-state index in [0.29, 0.717) is 6.54 Å². The van der Waals surface area contributed by atoms with Crippen molar-refractivity contribution in [3.8, 4) is 0 Å². The maximum Gasteiger partial charge on any atom is 0.308 e. The van der Waals surface area contributed by atoms with Crippen molar-refractivity contribution >= 4 is 11.9 Å². The van der Waals surface area contributed by atoms with Crippen molar-refractivity contribution in [1.29, 1.82) is 0 Å². The van der Waals surface area contributed by atoms with Gasteiger partial charge in [0.1, 0.15) is 0 Å². The third kappa shape index (κ3) is 2.47. The fourth-order valence-corrected chi connectivity index (χ4v) is 1.55. The molecule has 1 fully saturated rings. The maximum atomic E-state index is 11.6. The highest BCUT2D eigenvalue weighted by molar-refractivity contribution is 5.80. The number of carbonyl (C=O) groups excluding carboxylic acids is 1. The Labute approximate surface area is 83.9 Å². The monoisotopic (exact) mass is 199 g/mol. The first kappa shape index (κ1) is 11.0. The average molecular weight is 199 g/mol. The molecule has 1 unspecified atom stereocenters. The molecule has 0 bridgehead atoms. The molecular formula is C10H17NO3. The number of hydrogen-bond acceptors (Lipinski definition) is 2. The van der Waals surface area contributed by atoms with Crippen molar-refractivity contribution in [2.75, 3.05) is 13.6 Å². The summed E-state index contributed by atoms with van der Waals surface area (Å²) in [5, 5.41) is 8.68. The molecule has 0 spiro atoms. The number of aliphatic carboxylic acids is 1. The Morgan fingerprint density at radius 2 is 2.07 bits per heavy atom. The number of amides is 1. The maximum absolute atomic E-state index is 11.6. The molecule has 1 aliphatic carbocycles. The van der Waals surface area contributed by atoms with Gasteiger partial charge in [-0.15, -0.1) is 0 Å². The predicted molar refractivity (Wildman–Crippen MR) is 51.8 cm³/mol. The molecule has 4 nitrogen and oxygen atoms in total. The third-order valence-electron chi connectivity index (χ3n) is 2.80. The van der Waals surface area contributed by atoms with E-state index >= 15 is 0 Å². The van der Waals surface area contributed by atoms with Gasteiger partial charge < -0.3 is 10.0 Å². The van der Waals surface area contributed by atoms with Crippen molar-refractivity contribution in [3.63, 3.8) is 0 Å². The van der Waals surface area contributed by atoms with Gasteiger partial charge in [-0.05, 0) is 12.8 Å². The summed E-state index contributed by atoms with van der Waals surface area (Å²) in [7, 11) is 1.68. The van der Waals surface area contributed by atoms with Crippen molar-refractivity contribution in [3.05, 3.63) is 0 Å². The van der Waals surface area contributed by atoms with E-state index in [2.05, 4.69) is 0 Å². The van der Waals surface area contributed by atoms with Crippen LogP contribution in [0.1, 0.15) is 26.2 Å². The van der Waals surface area contributed by atoms with Gasteiger partial charge in [0.15, 0.2) is 0 Å². The normalized spacial score (nSPS) is 18.4. The summed E-state index contributed by atoms with van der Waals surface area (Å²) in [5.74, 6) is -1.08. The van der Waals surface area contributed by atoms with Gasteiger partial charge in [-0.2, -0.15) is 0 Å². The number of carboxylic acid groups (broad SMARTS) is 1. The van der Waals surface area contributed by atoms with Crippen molar-refractivity contribution in [1.82, 2.24) is 4.90 Å². The summed E-state index contributed by atoms with van der Waals surface area (Å²) in [6.45, 7) is 1.93. The molecule has 0 aromatic heterocycles. The highest BCUT2D eigenvalue weighted by Gasteiger charge is 2.28. The van der Waals surface area contributed by atoms with Gasteiger partial charge in [0, 0.05) is 19.5 Å². The van der Waals surface area contributed by atoms with Crippen LogP contribution >= 0.6 is 0 Å². The largest absolute Gasteiger partial charge is 0.481 e. The summed E-state index contributed by atoms with van der Waals surface area (Å²) in [6.07, 6.45) is 3.05. The van der Waals surface area contributed by atoms with E-state index in [4.69, 9.17) is 5.11 Å². The first-order valence-electron chi connectivity index (χ1n) is 5.00. The summed E-state index contributed by atoms with van der Waals surface area (Å²) >= 11 is 0. The van der Waals surface area contributed by atoms with E-state index in [1.54, 1.807) is 18.9 Å². The van der Waals surface area contributed by atoms with Crippen LogP contribution in [0.4, 0.5) is 0 Å². The van der Waals surface area contributed by atoms with Crippen LogP contribution in [0.3, 0.4) is 0 Å². The van der Waals surface area contributed by atoms with Crippen LogP contribution in [-0.2, 0) is 9.59 Å². The number of carbonyl (C=O) groups is 2. The number of rotatable bonds is 4. The van der Waals surface area contributed by atoms with Crippen molar-refractivity contribution in [2.45, 2.75) is 26.2 Å². The van der Waals surface area contributed by atoms with Crippen molar-refractivity contribution < 1.29 is 14.7 Å². The molecule has 0 aromatic carbocycles. The molecular weight excluding hydrogens is 182 g/mol. The van der Waals surface area contributed by atoms with Gasteiger partial charge in [0.25, 0.3) is 0 Å². The lowest BCUT2D eigenvalue weighted by Crippen LogP contribution is -2.39. The summed E-state index contributed by atoms with van der Waals surface area (Å²) in [5.41, 5.74) is 0. The molecule has 1 atom stereocenters. The molecule has 14 heavy (non-hydrogen) atoms. The van der Waals surface area contributed by atoms with Gasteiger partial charge in [0.05, 0.1) is 5.92 Å². The second-order valence-electron chi connectivity index (χ2n) is 4.09. The van der Waals surface area contributed by atoms with Gasteiger partial charge >= 0.3 is 5.97 Å². The van der Waals surface area contributed by atoms with Gasteiger partial charge in [-0.1, -0.05) is 13.3 Å². The molecule has 0 aromatic rings. The minimum absolute atomic E-state index is 0.101. The van der Waals surface area contributed by atoms with E-state index in [0.717, 1.165) is 19.3 Å². The molecule has 1 aliphatic rings. The lowest BCUT2D eigenvalue weighted by atomic mass is 9.84. The summed E-state index contributed by atoms with van der Waals surface area (Å²) < 4.78 is 0. The first-order chi connectivity index (χ1) is 6.52. The molecule has 0 saturated heterocycles. The van der Waals surface area contributed by atoms with Crippen molar-refractivity contribution in [2.24, 2.45) is 11.8 Å². The zero-order chi connectivity index (χ0) is 10.7. The topological polar surface area (TPSA) is 57.6 Å². The van der Waals surface area contributed by atoms with Gasteiger partial charge in [0.2, 0.25) is 5.91 Å².